The van der Waals surface area contributed by atoms with Gasteiger partial charge in [0.2, 0.25) is 0 Å². The number of benzene rings is 1. The highest BCUT2D eigenvalue weighted by Crippen LogP contribution is 2.25. The highest BCUT2D eigenvalue weighted by Gasteiger charge is 2.20. The van der Waals surface area contributed by atoms with E-state index in [0.717, 1.165) is 49.3 Å². The van der Waals surface area contributed by atoms with Gasteiger partial charge in [-0.25, -0.2) is 0 Å². The first-order valence-electron chi connectivity index (χ1n) is 11.1. The van der Waals surface area contributed by atoms with Crippen molar-refractivity contribution in [2.75, 3.05) is 19.6 Å². The molecule has 3 aromatic rings. The van der Waals surface area contributed by atoms with Crippen LogP contribution in [-0.2, 0) is 6.54 Å². The summed E-state index contributed by atoms with van der Waals surface area (Å²) in [5.41, 5.74) is 4.81. The summed E-state index contributed by atoms with van der Waals surface area (Å²) in [6, 6.07) is 12.3. The zero-order chi connectivity index (χ0) is 21.7. The van der Waals surface area contributed by atoms with Crippen LogP contribution in [0.2, 0.25) is 0 Å². The van der Waals surface area contributed by atoms with Gasteiger partial charge < -0.3 is 19.2 Å². The van der Waals surface area contributed by atoms with Crippen LogP contribution in [0, 0.1) is 13.8 Å². The Hall–Kier alpha value is -2.53. The van der Waals surface area contributed by atoms with Gasteiger partial charge in [-0.05, 0) is 64.4 Å². The van der Waals surface area contributed by atoms with Gasteiger partial charge in [-0.2, -0.15) is 0 Å². The molecule has 5 heteroatoms. The molecule has 0 saturated carbocycles. The minimum Gasteiger partial charge on any atom is -0.460 e. The second kappa shape index (κ2) is 9.98. The van der Waals surface area contributed by atoms with Crippen LogP contribution in [0.3, 0.4) is 0 Å². The number of carbonyl (C=O) groups excluding carboxylic acids is 1. The predicted molar refractivity (Wildman–Crippen MR) is 123 cm³/mol. The molecule has 0 bridgehead atoms. The molecule has 2 aromatic heterocycles. The van der Waals surface area contributed by atoms with Crippen molar-refractivity contribution in [3.8, 4) is 0 Å². The third-order valence-corrected chi connectivity index (χ3v) is 5.92. The Labute approximate surface area is 180 Å². The van der Waals surface area contributed by atoms with Crippen molar-refractivity contribution < 1.29 is 9.21 Å². The van der Waals surface area contributed by atoms with Gasteiger partial charge in [0.25, 0.3) is 5.91 Å². The zero-order valence-electron chi connectivity index (χ0n) is 19.0. The third kappa shape index (κ3) is 5.14. The number of nitrogens with one attached hydrogen (secondary N) is 1. The van der Waals surface area contributed by atoms with E-state index in [2.05, 4.69) is 54.6 Å². The summed E-state index contributed by atoms with van der Waals surface area (Å²) in [7, 11) is 0. The van der Waals surface area contributed by atoms with Crippen molar-refractivity contribution in [2.24, 2.45) is 0 Å². The zero-order valence-corrected chi connectivity index (χ0v) is 19.0. The smallest absolute Gasteiger partial charge is 0.268 e. The molecule has 0 radical (unpaired) electrons. The van der Waals surface area contributed by atoms with E-state index in [0.29, 0.717) is 12.2 Å². The standard InChI is InChI=1S/C25H35N3O2/c1-6-27(7-2)14-10-12-19(4)26-25(29)23-16-24-22(15-20(5)30-24)28(23)17-21-13-9-8-11-18(21)3/h8-9,11,13,15-16,19H,6-7,10,12,14,17H2,1-5H3,(H,26,29)/t19-/m0/s1. The summed E-state index contributed by atoms with van der Waals surface area (Å²) < 4.78 is 7.90. The Morgan fingerprint density at radius 3 is 2.60 bits per heavy atom. The maximum atomic E-state index is 13.1. The Kier molecular flexibility index (Phi) is 7.38. The lowest BCUT2D eigenvalue weighted by Gasteiger charge is -2.20. The van der Waals surface area contributed by atoms with E-state index in [1.165, 1.54) is 11.1 Å². The topological polar surface area (TPSA) is 50.4 Å². The van der Waals surface area contributed by atoms with E-state index < -0.39 is 0 Å². The molecule has 0 aliphatic carbocycles. The van der Waals surface area contributed by atoms with Crippen molar-refractivity contribution in [1.82, 2.24) is 14.8 Å². The van der Waals surface area contributed by atoms with Crippen molar-refractivity contribution in [3.63, 3.8) is 0 Å². The normalized spacial score (nSPS) is 12.6. The second-order valence-electron chi connectivity index (χ2n) is 8.19. The molecule has 1 aromatic carbocycles. The number of rotatable bonds is 10. The van der Waals surface area contributed by atoms with Crippen LogP contribution in [0.5, 0.6) is 0 Å². The Morgan fingerprint density at radius 2 is 1.90 bits per heavy atom. The van der Waals surface area contributed by atoms with Gasteiger partial charge in [0.05, 0.1) is 5.52 Å². The Balaban J connectivity index is 1.75. The summed E-state index contributed by atoms with van der Waals surface area (Å²) in [6.07, 6.45) is 2.05. The van der Waals surface area contributed by atoms with E-state index in [1.807, 2.05) is 31.2 Å². The molecule has 0 spiro atoms. The molecule has 0 aliphatic rings. The van der Waals surface area contributed by atoms with Crippen molar-refractivity contribution >= 4 is 17.0 Å². The second-order valence-corrected chi connectivity index (χ2v) is 8.19. The lowest BCUT2D eigenvalue weighted by atomic mass is 10.1. The number of nitrogens with zero attached hydrogens (tertiary/aromatic N) is 2. The van der Waals surface area contributed by atoms with Crippen LogP contribution in [0.25, 0.3) is 11.1 Å². The van der Waals surface area contributed by atoms with Gasteiger partial charge >= 0.3 is 0 Å². The number of carbonyl (C=O) groups is 1. The molecular weight excluding hydrogens is 374 g/mol. The first kappa shape index (κ1) is 22.2. The molecule has 0 fully saturated rings. The molecular formula is C25H35N3O2. The van der Waals surface area contributed by atoms with Gasteiger partial charge in [-0.15, -0.1) is 0 Å². The van der Waals surface area contributed by atoms with Gasteiger partial charge in [0.1, 0.15) is 11.5 Å². The minimum absolute atomic E-state index is 0.0389. The molecule has 1 atom stereocenters. The first-order chi connectivity index (χ1) is 14.4. The number of amides is 1. The molecule has 1 amide bonds. The van der Waals surface area contributed by atoms with E-state index >= 15 is 0 Å². The van der Waals surface area contributed by atoms with E-state index in [-0.39, 0.29) is 11.9 Å². The fourth-order valence-corrected chi connectivity index (χ4v) is 4.01. The molecule has 3 rings (SSSR count). The quantitative estimate of drug-likeness (QED) is 0.504. The molecule has 0 saturated heterocycles. The molecule has 30 heavy (non-hydrogen) atoms. The summed E-state index contributed by atoms with van der Waals surface area (Å²) in [5.74, 6) is 0.818. The number of hydrogen-bond donors (Lipinski definition) is 1. The van der Waals surface area contributed by atoms with Gasteiger partial charge in [0.15, 0.2) is 5.58 Å². The molecule has 2 heterocycles. The van der Waals surface area contributed by atoms with E-state index in [1.54, 1.807) is 0 Å². The van der Waals surface area contributed by atoms with Crippen LogP contribution >= 0.6 is 0 Å². The first-order valence-corrected chi connectivity index (χ1v) is 11.1. The molecule has 1 N–H and O–H groups in total. The van der Waals surface area contributed by atoms with Gasteiger partial charge in [-0.3, -0.25) is 4.79 Å². The monoisotopic (exact) mass is 409 g/mol. The average Bonchev–Trinajstić information content (AvgIpc) is 3.24. The molecule has 0 unspecified atom stereocenters. The lowest BCUT2D eigenvalue weighted by Crippen LogP contribution is -2.35. The minimum atomic E-state index is -0.0389. The summed E-state index contributed by atoms with van der Waals surface area (Å²) in [6.45, 7) is 14.4. The molecule has 0 aliphatic heterocycles. The van der Waals surface area contributed by atoms with Crippen LogP contribution in [0.15, 0.2) is 40.8 Å². The van der Waals surface area contributed by atoms with Gasteiger partial charge in [0, 0.05) is 24.7 Å². The van der Waals surface area contributed by atoms with Crippen molar-refractivity contribution in [1.29, 1.82) is 0 Å². The number of aryl methyl sites for hydroxylation is 2. The van der Waals surface area contributed by atoms with Crippen molar-refractivity contribution in [2.45, 2.75) is 60.0 Å². The summed E-state index contributed by atoms with van der Waals surface area (Å²) in [4.78, 5) is 15.5. The Bertz CT molecular complexity index is 982. The highest BCUT2D eigenvalue weighted by molar-refractivity contribution is 5.97. The van der Waals surface area contributed by atoms with Crippen LogP contribution in [-0.4, -0.2) is 41.1 Å². The maximum Gasteiger partial charge on any atom is 0.268 e. The number of furan rings is 1. The van der Waals surface area contributed by atoms with E-state index in [4.69, 9.17) is 4.42 Å². The average molecular weight is 410 g/mol. The van der Waals surface area contributed by atoms with Crippen molar-refractivity contribution in [3.05, 3.63) is 59.0 Å². The fourth-order valence-electron chi connectivity index (χ4n) is 4.01. The predicted octanol–water partition coefficient (Wildman–Crippen LogP) is 5.14. The number of aromatic nitrogens is 1. The number of fused-ring (bicyclic) bond motifs is 1. The van der Waals surface area contributed by atoms with E-state index in [9.17, 15) is 4.79 Å². The van der Waals surface area contributed by atoms with Crippen LogP contribution < -0.4 is 5.32 Å². The summed E-state index contributed by atoms with van der Waals surface area (Å²) in [5, 5.41) is 3.19. The summed E-state index contributed by atoms with van der Waals surface area (Å²) >= 11 is 0. The van der Waals surface area contributed by atoms with Crippen LogP contribution in [0.1, 0.15) is 61.0 Å². The lowest BCUT2D eigenvalue weighted by molar-refractivity contribution is 0.0928. The SMILES string of the molecule is CCN(CC)CCC[C@H](C)NC(=O)c1cc2oc(C)cc2n1Cc1ccccc1C. The fraction of sp³-hybridized carbons (Fsp3) is 0.480. The maximum absolute atomic E-state index is 13.1. The highest BCUT2D eigenvalue weighted by atomic mass is 16.3. The number of hydrogen-bond acceptors (Lipinski definition) is 3. The molecule has 5 nitrogen and oxygen atoms in total. The molecule has 162 valence electrons. The Morgan fingerprint density at radius 1 is 1.17 bits per heavy atom. The third-order valence-electron chi connectivity index (χ3n) is 5.92. The van der Waals surface area contributed by atoms with Crippen LogP contribution in [0.4, 0.5) is 0 Å². The largest absolute Gasteiger partial charge is 0.460 e. The van der Waals surface area contributed by atoms with Gasteiger partial charge in [-0.1, -0.05) is 38.1 Å².